The molecule has 0 bridgehead atoms. The van der Waals surface area contributed by atoms with Crippen molar-refractivity contribution in [2.45, 2.75) is 98.0 Å². The molecule has 1 aliphatic rings. The fourth-order valence-corrected chi connectivity index (χ4v) is 4.77. The first-order valence-corrected chi connectivity index (χ1v) is 16.2. The fraction of sp³-hybridized carbons (Fsp3) is 0.471. The summed E-state index contributed by atoms with van der Waals surface area (Å²) in [6, 6.07) is 2.93. The van der Waals surface area contributed by atoms with Crippen molar-refractivity contribution in [1.29, 1.82) is 0 Å². The molecule has 3 rings (SSSR count). The topological polar surface area (TPSA) is 137 Å². The van der Waals surface area contributed by atoms with Gasteiger partial charge in [0.1, 0.15) is 46.3 Å². The lowest BCUT2D eigenvalue weighted by atomic mass is 9.90. The number of alkyl halides is 3. The molecule has 0 saturated carbocycles. The molecule has 0 radical (unpaired) electrons. The van der Waals surface area contributed by atoms with Crippen LogP contribution in [0.15, 0.2) is 51.8 Å². The Hall–Kier alpha value is -4.54. The summed E-state index contributed by atoms with van der Waals surface area (Å²) in [4.78, 5) is 62.9. The van der Waals surface area contributed by atoms with Crippen LogP contribution in [-0.2, 0) is 24.5 Å². The highest BCUT2D eigenvalue weighted by atomic mass is 79.9. The van der Waals surface area contributed by atoms with Gasteiger partial charge in [0.25, 0.3) is 12.3 Å². The van der Waals surface area contributed by atoms with Crippen molar-refractivity contribution in [3.05, 3.63) is 69.4 Å². The van der Waals surface area contributed by atoms with Gasteiger partial charge in [-0.2, -0.15) is 0 Å². The molecule has 1 aliphatic heterocycles. The maximum absolute atomic E-state index is 15.8. The van der Waals surface area contributed by atoms with E-state index in [4.69, 9.17) is 18.9 Å². The minimum atomic E-state index is -3.19. The molecule has 1 aromatic carbocycles. The normalized spacial score (nSPS) is 16.4. The molecule has 278 valence electrons. The SMILES string of the molecule is CC(C)(C)OC(=O)N(C(=O)OC(C)(C)C)C1=N[C@](C)(c2cc(N(C(=O)OC(C)(C)C)C(=O)c3ncc(Br)cc3C(F)F)ccc2F)C=C(CF)O1. The number of pyridine rings is 1. The molecule has 0 saturated heterocycles. The predicted octanol–water partition coefficient (Wildman–Crippen LogP) is 9.13. The standard InChI is InChI=1S/C34H39BrF4N4O8/c1-31(2,3)49-28(45)42(26(44)24-21(25(38)39)13-18(35)17-40-24)19-11-12-23(37)22(14-19)34(10)15-20(16-36)48-27(41-34)43(29(46)50-32(4,5)6)30(47)51-33(7,8)9/h11-15,17,25H,16H2,1-10H3/t34-/m0/s1. The number of rotatable bonds is 5. The van der Waals surface area contributed by atoms with E-state index in [1.165, 1.54) is 69.2 Å². The number of carbonyl (C=O) groups excluding carboxylic acids is 4. The van der Waals surface area contributed by atoms with E-state index in [0.29, 0.717) is 4.90 Å². The maximum Gasteiger partial charge on any atom is 0.428 e. The zero-order valence-electron chi connectivity index (χ0n) is 29.7. The van der Waals surface area contributed by atoms with Crippen molar-refractivity contribution < 1.29 is 55.7 Å². The third-order valence-corrected chi connectivity index (χ3v) is 6.76. The van der Waals surface area contributed by atoms with E-state index in [-0.39, 0.29) is 15.1 Å². The number of ether oxygens (including phenoxy) is 4. The summed E-state index contributed by atoms with van der Waals surface area (Å²) in [6.07, 6.45) is -5.01. The highest BCUT2D eigenvalue weighted by Crippen LogP contribution is 2.38. The Kier molecular flexibility index (Phi) is 12.0. The Balaban J connectivity index is 2.29. The molecule has 0 unspecified atom stereocenters. The monoisotopic (exact) mass is 786 g/mol. The molecule has 12 nitrogen and oxygen atoms in total. The minimum Gasteiger partial charge on any atom is -0.443 e. The van der Waals surface area contributed by atoms with Crippen molar-refractivity contribution in [3.63, 3.8) is 0 Å². The van der Waals surface area contributed by atoms with Gasteiger partial charge in [0.05, 0.1) is 11.3 Å². The average Bonchev–Trinajstić information content (AvgIpc) is 2.94. The zero-order chi connectivity index (χ0) is 38.9. The van der Waals surface area contributed by atoms with Gasteiger partial charge in [-0.1, -0.05) is 0 Å². The summed E-state index contributed by atoms with van der Waals surface area (Å²) in [5, 5.41) is 0. The van der Waals surface area contributed by atoms with Gasteiger partial charge < -0.3 is 18.9 Å². The van der Waals surface area contributed by atoms with E-state index >= 15 is 4.39 Å². The predicted molar refractivity (Wildman–Crippen MR) is 181 cm³/mol. The number of aliphatic imine (C=N–C) groups is 1. The molecule has 0 fully saturated rings. The number of carbonyl (C=O) groups is 4. The fourth-order valence-electron chi connectivity index (χ4n) is 4.42. The lowest BCUT2D eigenvalue weighted by Crippen LogP contribution is -2.49. The number of amides is 4. The number of amidine groups is 1. The van der Waals surface area contributed by atoms with Gasteiger partial charge in [0, 0.05) is 16.2 Å². The van der Waals surface area contributed by atoms with E-state index in [0.717, 1.165) is 36.5 Å². The molecular formula is C34H39BrF4N4O8. The molecule has 0 aliphatic carbocycles. The first-order valence-electron chi connectivity index (χ1n) is 15.4. The van der Waals surface area contributed by atoms with Gasteiger partial charge in [-0.15, -0.1) is 4.90 Å². The number of aromatic nitrogens is 1. The zero-order valence-corrected chi connectivity index (χ0v) is 31.3. The van der Waals surface area contributed by atoms with Gasteiger partial charge in [-0.05, 0) is 116 Å². The number of hydrogen-bond donors (Lipinski definition) is 0. The van der Waals surface area contributed by atoms with Crippen LogP contribution < -0.4 is 4.90 Å². The lowest BCUT2D eigenvalue weighted by Gasteiger charge is -2.34. The van der Waals surface area contributed by atoms with E-state index in [9.17, 15) is 32.3 Å². The highest BCUT2D eigenvalue weighted by molar-refractivity contribution is 9.10. The third-order valence-electron chi connectivity index (χ3n) is 6.32. The number of hydrogen-bond acceptors (Lipinski definition) is 10. The van der Waals surface area contributed by atoms with Crippen LogP contribution in [0.1, 0.15) is 97.3 Å². The molecule has 0 spiro atoms. The average molecular weight is 788 g/mol. The largest absolute Gasteiger partial charge is 0.443 e. The van der Waals surface area contributed by atoms with Crippen molar-refractivity contribution in [1.82, 2.24) is 9.88 Å². The molecule has 1 atom stereocenters. The second-order valence-electron chi connectivity index (χ2n) is 14.4. The highest BCUT2D eigenvalue weighted by Gasteiger charge is 2.43. The van der Waals surface area contributed by atoms with Crippen LogP contribution in [-0.4, -0.2) is 63.6 Å². The molecule has 1 aromatic heterocycles. The Morgan fingerprint density at radius 2 is 1.39 bits per heavy atom. The van der Waals surface area contributed by atoms with Crippen molar-refractivity contribution in [2.75, 3.05) is 11.6 Å². The van der Waals surface area contributed by atoms with Gasteiger partial charge in [-0.3, -0.25) is 4.79 Å². The van der Waals surface area contributed by atoms with Crippen LogP contribution >= 0.6 is 15.9 Å². The van der Waals surface area contributed by atoms with Crippen LogP contribution in [0.4, 0.5) is 37.6 Å². The van der Waals surface area contributed by atoms with Crippen molar-refractivity contribution >= 4 is 51.8 Å². The summed E-state index contributed by atoms with van der Waals surface area (Å²) >= 11 is 3.03. The van der Waals surface area contributed by atoms with Crippen molar-refractivity contribution in [2.24, 2.45) is 4.99 Å². The van der Waals surface area contributed by atoms with Crippen LogP contribution in [0.2, 0.25) is 0 Å². The summed E-state index contributed by atoms with van der Waals surface area (Å²) in [5.41, 5.74) is -7.89. The van der Waals surface area contributed by atoms with E-state index in [2.05, 4.69) is 25.9 Å². The maximum atomic E-state index is 15.8. The van der Waals surface area contributed by atoms with Crippen LogP contribution in [0.3, 0.4) is 0 Å². The van der Waals surface area contributed by atoms with Crippen molar-refractivity contribution in [3.8, 4) is 0 Å². The quantitative estimate of drug-likeness (QED) is 0.215. The summed E-state index contributed by atoms with van der Waals surface area (Å²) in [6.45, 7) is 13.5. The molecule has 0 N–H and O–H groups in total. The van der Waals surface area contributed by atoms with Gasteiger partial charge in [-0.25, -0.2) is 46.8 Å². The first kappa shape index (κ1) is 40.9. The number of halogens is 5. The smallest absolute Gasteiger partial charge is 0.428 e. The summed E-state index contributed by atoms with van der Waals surface area (Å²) < 4.78 is 80.0. The van der Waals surface area contributed by atoms with E-state index < -0.39 is 94.0 Å². The number of benzene rings is 1. The minimum absolute atomic E-state index is 0.130. The number of anilines is 1. The number of imide groups is 2. The Morgan fingerprint density at radius 1 is 0.882 bits per heavy atom. The Labute approximate surface area is 300 Å². The van der Waals surface area contributed by atoms with Gasteiger partial charge in [0.15, 0.2) is 0 Å². The molecule has 51 heavy (non-hydrogen) atoms. The van der Waals surface area contributed by atoms with Gasteiger partial charge >= 0.3 is 24.3 Å². The summed E-state index contributed by atoms with van der Waals surface area (Å²) in [5.74, 6) is -2.86. The van der Waals surface area contributed by atoms with Crippen LogP contribution in [0, 0.1) is 5.82 Å². The molecule has 17 heteroatoms. The Bertz CT molecular complexity index is 1740. The summed E-state index contributed by atoms with van der Waals surface area (Å²) in [7, 11) is 0. The molecular weight excluding hydrogens is 748 g/mol. The third kappa shape index (κ3) is 10.5. The lowest BCUT2D eigenvalue weighted by molar-refractivity contribution is 0.0104. The first-order chi connectivity index (χ1) is 23.2. The van der Waals surface area contributed by atoms with E-state index in [1.54, 1.807) is 0 Å². The second kappa shape index (κ2) is 15.0. The Morgan fingerprint density at radius 3 is 1.86 bits per heavy atom. The van der Waals surface area contributed by atoms with Crippen LogP contribution in [0.25, 0.3) is 0 Å². The number of allylic oxidation sites excluding steroid dienone is 1. The molecule has 2 aromatic rings. The van der Waals surface area contributed by atoms with E-state index in [1.807, 2.05) is 0 Å². The molecule has 2 heterocycles. The van der Waals surface area contributed by atoms with Gasteiger partial charge in [0.2, 0.25) is 0 Å². The molecule has 4 amide bonds. The number of nitrogens with zero attached hydrogens (tertiary/aromatic N) is 4. The second-order valence-corrected chi connectivity index (χ2v) is 15.3. The van der Waals surface area contributed by atoms with Crippen LogP contribution in [0.5, 0.6) is 0 Å².